The molecule has 84 valence electrons. The molecule has 0 fully saturated rings. The molecule has 0 heterocycles. The second kappa shape index (κ2) is 5.85. The average molecular weight is 217 g/mol. The van der Waals surface area contributed by atoms with Gasteiger partial charge in [-0.2, -0.15) is 0 Å². The van der Waals surface area contributed by atoms with Crippen molar-refractivity contribution in [2.45, 2.75) is 13.8 Å². The lowest BCUT2D eigenvalue weighted by Crippen LogP contribution is -1.92. The number of hydrogen-bond donors (Lipinski definition) is 0. The molecule has 1 aromatic rings. The maximum absolute atomic E-state index is 10.7. The van der Waals surface area contributed by atoms with E-state index in [0.29, 0.717) is 17.9 Å². The lowest BCUT2D eigenvalue weighted by molar-refractivity contribution is 0.112. The molecular formula is C13H15NO2. The summed E-state index contributed by atoms with van der Waals surface area (Å²) in [6.07, 6.45) is 2.49. The van der Waals surface area contributed by atoms with Gasteiger partial charge >= 0.3 is 0 Å². The van der Waals surface area contributed by atoms with Crippen molar-refractivity contribution in [3.63, 3.8) is 0 Å². The van der Waals surface area contributed by atoms with Crippen LogP contribution >= 0.6 is 0 Å². The molecule has 0 amide bonds. The summed E-state index contributed by atoms with van der Waals surface area (Å²) in [4.78, 5) is 14.9. The normalized spacial score (nSPS) is 10.4. The molecule has 0 saturated carbocycles. The Morgan fingerprint density at radius 2 is 2.31 bits per heavy atom. The number of benzene rings is 1. The molecule has 0 radical (unpaired) electrons. The monoisotopic (exact) mass is 217 g/mol. The topological polar surface area (TPSA) is 38.7 Å². The predicted molar refractivity (Wildman–Crippen MR) is 66.3 cm³/mol. The quantitative estimate of drug-likeness (QED) is 0.431. The first-order valence-corrected chi connectivity index (χ1v) is 5.13. The van der Waals surface area contributed by atoms with E-state index in [2.05, 4.69) is 11.6 Å². The van der Waals surface area contributed by atoms with Gasteiger partial charge in [-0.3, -0.25) is 9.79 Å². The van der Waals surface area contributed by atoms with Crippen molar-refractivity contribution in [2.24, 2.45) is 4.99 Å². The van der Waals surface area contributed by atoms with Gasteiger partial charge in [-0.15, -0.1) is 0 Å². The standard InChI is InChI=1S/C13H15NO2/c1-4-14-13-7-6-11(9-15)8-12(13)10(3)16-5-2/h4,6-9H,3,5H2,1-2H3. The van der Waals surface area contributed by atoms with E-state index in [-0.39, 0.29) is 0 Å². The Labute approximate surface area is 95.5 Å². The summed E-state index contributed by atoms with van der Waals surface area (Å²) >= 11 is 0. The van der Waals surface area contributed by atoms with Crippen molar-refractivity contribution >= 4 is 23.9 Å². The minimum atomic E-state index is 0.534. The fraction of sp³-hybridized carbons (Fsp3) is 0.231. The van der Waals surface area contributed by atoms with Gasteiger partial charge in [-0.05, 0) is 32.0 Å². The van der Waals surface area contributed by atoms with Crippen molar-refractivity contribution < 1.29 is 9.53 Å². The number of ether oxygens (including phenoxy) is 1. The van der Waals surface area contributed by atoms with Crippen LogP contribution in [-0.4, -0.2) is 19.1 Å². The summed E-state index contributed by atoms with van der Waals surface area (Å²) in [6.45, 7) is 8.08. The highest BCUT2D eigenvalue weighted by atomic mass is 16.5. The van der Waals surface area contributed by atoms with Crippen LogP contribution in [0, 0.1) is 0 Å². The molecule has 0 bridgehead atoms. The summed E-state index contributed by atoms with van der Waals surface area (Å²) < 4.78 is 5.33. The molecular weight excluding hydrogens is 202 g/mol. The first kappa shape index (κ1) is 12.2. The highest BCUT2D eigenvalue weighted by molar-refractivity contribution is 5.81. The molecule has 0 N–H and O–H groups in total. The summed E-state index contributed by atoms with van der Waals surface area (Å²) in [7, 11) is 0. The maximum atomic E-state index is 10.7. The van der Waals surface area contributed by atoms with Crippen LogP contribution in [0.25, 0.3) is 5.76 Å². The van der Waals surface area contributed by atoms with Gasteiger partial charge < -0.3 is 4.74 Å². The molecule has 0 aliphatic carbocycles. The Hall–Kier alpha value is -1.90. The van der Waals surface area contributed by atoms with E-state index in [4.69, 9.17) is 4.74 Å². The summed E-state index contributed by atoms with van der Waals surface area (Å²) in [5, 5.41) is 0. The zero-order valence-electron chi connectivity index (χ0n) is 9.56. The van der Waals surface area contributed by atoms with E-state index in [0.717, 1.165) is 17.5 Å². The Kier molecular flexibility index (Phi) is 4.45. The fourth-order valence-electron chi connectivity index (χ4n) is 1.35. The summed E-state index contributed by atoms with van der Waals surface area (Å²) in [6, 6.07) is 5.23. The van der Waals surface area contributed by atoms with Crippen LogP contribution in [0.2, 0.25) is 0 Å². The highest BCUT2D eigenvalue weighted by Crippen LogP contribution is 2.26. The third-order valence-electron chi connectivity index (χ3n) is 2.04. The van der Waals surface area contributed by atoms with E-state index in [1.165, 1.54) is 0 Å². The zero-order chi connectivity index (χ0) is 12.0. The maximum Gasteiger partial charge on any atom is 0.150 e. The average Bonchev–Trinajstić information content (AvgIpc) is 2.30. The van der Waals surface area contributed by atoms with Crippen LogP contribution < -0.4 is 0 Å². The van der Waals surface area contributed by atoms with Gasteiger partial charge in [0.25, 0.3) is 0 Å². The van der Waals surface area contributed by atoms with Crippen LogP contribution in [0.3, 0.4) is 0 Å². The third kappa shape index (κ3) is 2.79. The van der Waals surface area contributed by atoms with Gasteiger partial charge in [0, 0.05) is 17.3 Å². The van der Waals surface area contributed by atoms with E-state index in [9.17, 15) is 4.79 Å². The number of nitrogens with zero attached hydrogens (tertiary/aromatic N) is 1. The van der Waals surface area contributed by atoms with Crippen molar-refractivity contribution in [1.29, 1.82) is 0 Å². The van der Waals surface area contributed by atoms with E-state index in [1.807, 2.05) is 13.8 Å². The van der Waals surface area contributed by atoms with Crippen molar-refractivity contribution in [1.82, 2.24) is 0 Å². The Bertz CT molecular complexity index is 422. The molecule has 16 heavy (non-hydrogen) atoms. The first-order chi connectivity index (χ1) is 7.72. The Balaban J connectivity index is 3.19. The van der Waals surface area contributed by atoms with Gasteiger partial charge in [-0.1, -0.05) is 6.58 Å². The van der Waals surface area contributed by atoms with Gasteiger partial charge in [0.15, 0.2) is 0 Å². The summed E-state index contributed by atoms with van der Waals surface area (Å²) in [5.41, 5.74) is 2.10. The molecule has 3 heteroatoms. The molecule has 1 rings (SSSR count). The first-order valence-electron chi connectivity index (χ1n) is 5.13. The van der Waals surface area contributed by atoms with Gasteiger partial charge in [0.2, 0.25) is 0 Å². The molecule has 0 saturated heterocycles. The molecule has 3 nitrogen and oxygen atoms in total. The van der Waals surface area contributed by atoms with Crippen LogP contribution in [-0.2, 0) is 4.74 Å². The predicted octanol–water partition coefficient (Wildman–Crippen LogP) is 3.23. The Morgan fingerprint density at radius 3 is 2.88 bits per heavy atom. The number of aliphatic imine (C=N–C) groups is 1. The number of rotatable bonds is 5. The highest BCUT2D eigenvalue weighted by Gasteiger charge is 2.07. The summed E-state index contributed by atoms with van der Waals surface area (Å²) in [5.74, 6) is 0.534. The van der Waals surface area contributed by atoms with E-state index >= 15 is 0 Å². The van der Waals surface area contributed by atoms with Crippen LogP contribution in [0.1, 0.15) is 29.8 Å². The second-order valence-corrected chi connectivity index (χ2v) is 3.14. The minimum absolute atomic E-state index is 0.534. The van der Waals surface area contributed by atoms with Crippen molar-refractivity contribution in [3.8, 4) is 0 Å². The van der Waals surface area contributed by atoms with Crippen LogP contribution in [0.15, 0.2) is 29.8 Å². The SMILES string of the molecule is C=C(OCC)c1cc(C=O)ccc1N=CC. The minimum Gasteiger partial charge on any atom is -0.494 e. The molecule has 1 aromatic carbocycles. The molecule has 0 aliphatic rings. The number of carbonyl (C=O) groups excluding carboxylic acids is 1. The lowest BCUT2D eigenvalue weighted by atomic mass is 10.1. The van der Waals surface area contributed by atoms with Gasteiger partial charge in [0.05, 0.1) is 12.3 Å². The van der Waals surface area contributed by atoms with Crippen LogP contribution in [0.5, 0.6) is 0 Å². The molecule has 0 aliphatic heterocycles. The molecule has 0 unspecified atom stereocenters. The van der Waals surface area contributed by atoms with Crippen molar-refractivity contribution in [2.75, 3.05) is 6.61 Å². The number of hydrogen-bond acceptors (Lipinski definition) is 3. The van der Waals surface area contributed by atoms with E-state index < -0.39 is 0 Å². The van der Waals surface area contributed by atoms with Gasteiger partial charge in [-0.25, -0.2) is 0 Å². The molecule has 0 atom stereocenters. The van der Waals surface area contributed by atoms with Gasteiger partial charge in [0.1, 0.15) is 12.0 Å². The van der Waals surface area contributed by atoms with Crippen molar-refractivity contribution in [3.05, 3.63) is 35.9 Å². The lowest BCUT2D eigenvalue weighted by Gasteiger charge is -2.10. The third-order valence-corrected chi connectivity index (χ3v) is 2.04. The number of aldehydes is 1. The fourth-order valence-corrected chi connectivity index (χ4v) is 1.35. The Morgan fingerprint density at radius 1 is 1.56 bits per heavy atom. The molecule has 0 spiro atoms. The van der Waals surface area contributed by atoms with Crippen LogP contribution in [0.4, 0.5) is 5.69 Å². The zero-order valence-corrected chi connectivity index (χ0v) is 9.56. The molecule has 0 aromatic heterocycles. The second-order valence-electron chi connectivity index (χ2n) is 3.14. The largest absolute Gasteiger partial charge is 0.494 e. The smallest absolute Gasteiger partial charge is 0.150 e. The number of carbonyl (C=O) groups is 1. The van der Waals surface area contributed by atoms with E-state index in [1.54, 1.807) is 24.4 Å².